The van der Waals surface area contributed by atoms with Gasteiger partial charge in [0, 0.05) is 18.8 Å². The smallest absolute Gasteiger partial charge is 0.243 e. The molecule has 132 valence electrons. The maximum Gasteiger partial charge on any atom is 0.243 e. The molecule has 0 bridgehead atoms. The second-order valence-corrected chi connectivity index (χ2v) is 6.64. The van der Waals surface area contributed by atoms with Crippen LogP contribution in [0.25, 0.3) is 0 Å². The summed E-state index contributed by atoms with van der Waals surface area (Å²) in [4.78, 5) is 14.7. The number of anilines is 3. The quantitative estimate of drug-likeness (QED) is 0.848. The fourth-order valence-corrected chi connectivity index (χ4v) is 3.29. The summed E-state index contributed by atoms with van der Waals surface area (Å²) in [5.74, 6) is -0.0278. The van der Waals surface area contributed by atoms with Gasteiger partial charge in [0.1, 0.15) is 0 Å². The Morgan fingerprint density at radius 3 is 2.28 bits per heavy atom. The summed E-state index contributed by atoms with van der Waals surface area (Å²) < 4.78 is 0. The highest BCUT2D eigenvalue weighted by Gasteiger charge is 2.14. The zero-order valence-electron chi connectivity index (χ0n) is 14.9. The third kappa shape index (κ3) is 4.75. The molecule has 1 aliphatic rings. The summed E-state index contributed by atoms with van der Waals surface area (Å²) in [6.45, 7) is 4.44. The Morgan fingerprint density at radius 1 is 0.920 bits per heavy atom. The van der Waals surface area contributed by atoms with E-state index in [0.717, 1.165) is 30.0 Å². The molecule has 0 spiro atoms. The van der Waals surface area contributed by atoms with E-state index in [1.165, 1.54) is 31.4 Å². The van der Waals surface area contributed by atoms with Crippen LogP contribution in [0.5, 0.6) is 0 Å². The van der Waals surface area contributed by atoms with Gasteiger partial charge in [-0.05, 0) is 43.5 Å². The first kappa shape index (κ1) is 17.3. The van der Waals surface area contributed by atoms with Gasteiger partial charge in [-0.3, -0.25) is 4.79 Å². The number of carbonyl (C=O) groups is 1. The lowest BCUT2D eigenvalue weighted by atomic mass is 10.2. The van der Waals surface area contributed by atoms with Gasteiger partial charge >= 0.3 is 0 Å². The highest BCUT2D eigenvalue weighted by molar-refractivity contribution is 5.94. The molecule has 4 nitrogen and oxygen atoms in total. The fraction of sp³-hybridized carbons (Fsp3) is 0.381. The summed E-state index contributed by atoms with van der Waals surface area (Å²) in [6, 6.07) is 16.1. The molecule has 1 saturated heterocycles. The molecule has 1 heterocycles. The predicted molar refractivity (Wildman–Crippen MR) is 105 cm³/mol. The molecule has 0 aliphatic carbocycles. The number of carbonyl (C=O) groups excluding carboxylic acids is 1. The number of para-hydroxylation sites is 3. The maximum absolute atomic E-state index is 12.3. The molecule has 0 unspecified atom stereocenters. The average molecular weight is 337 g/mol. The van der Waals surface area contributed by atoms with Crippen LogP contribution in [0.3, 0.4) is 0 Å². The molecule has 2 N–H and O–H groups in total. The summed E-state index contributed by atoms with van der Waals surface area (Å²) in [5, 5.41) is 6.29. The van der Waals surface area contributed by atoms with Crippen LogP contribution in [0.1, 0.15) is 31.2 Å². The molecule has 1 amide bonds. The van der Waals surface area contributed by atoms with Gasteiger partial charge in [0.05, 0.1) is 17.9 Å². The lowest BCUT2D eigenvalue weighted by Crippen LogP contribution is -2.27. The summed E-state index contributed by atoms with van der Waals surface area (Å²) in [7, 11) is 0. The standard InChI is InChI=1S/C21H27N3O/c1-17-10-4-5-11-18(17)23-21(25)16-22-19-12-6-7-13-20(19)24-14-8-2-3-9-15-24/h4-7,10-13,22H,2-3,8-9,14-16H2,1H3,(H,23,25). The van der Waals surface area contributed by atoms with Crippen LogP contribution in [0.15, 0.2) is 48.5 Å². The van der Waals surface area contributed by atoms with Gasteiger partial charge < -0.3 is 15.5 Å². The molecular weight excluding hydrogens is 310 g/mol. The van der Waals surface area contributed by atoms with Crippen LogP contribution in [0, 0.1) is 6.92 Å². The number of hydrogen-bond acceptors (Lipinski definition) is 3. The second-order valence-electron chi connectivity index (χ2n) is 6.64. The number of rotatable bonds is 5. The normalized spacial score (nSPS) is 14.7. The molecule has 4 heteroatoms. The molecule has 25 heavy (non-hydrogen) atoms. The molecular formula is C21H27N3O. The number of nitrogens with zero attached hydrogens (tertiary/aromatic N) is 1. The van der Waals surface area contributed by atoms with Crippen LogP contribution >= 0.6 is 0 Å². The molecule has 1 fully saturated rings. The lowest BCUT2D eigenvalue weighted by Gasteiger charge is -2.25. The van der Waals surface area contributed by atoms with Crippen molar-refractivity contribution in [2.24, 2.45) is 0 Å². The highest BCUT2D eigenvalue weighted by Crippen LogP contribution is 2.27. The first-order valence-electron chi connectivity index (χ1n) is 9.17. The van der Waals surface area contributed by atoms with E-state index in [4.69, 9.17) is 0 Å². The highest BCUT2D eigenvalue weighted by atomic mass is 16.1. The molecule has 0 radical (unpaired) electrons. The number of aryl methyl sites for hydroxylation is 1. The van der Waals surface area contributed by atoms with Crippen molar-refractivity contribution in [3.8, 4) is 0 Å². The minimum absolute atomic E-state index is 0.0278. The van der Waals surface area contributed by atoms with E-state index >= 15 is 0 Å². The van der Waals surface area contributed by atoms with Gasteiger partial charge in [-0.1, -0.05) is 43.2 Å². The Hall–Kier alpha value is -2.49. The van der Waals surface area contributed by atoms with E-state index in [1.54, 1.807) is 0 Å². The minimum Gasteiger partial charge on any atom is -0.374 e. The largest absolute Gasteiger partial charge is 0.374 e. The van der Waals surface area contributed by atoms with E-state index in [9.17, 15) is 4.79 Å². The lowest BCUT2D eigenvalue weighted by molar-refractivity contribution is -0.114. The van der Waals surface area contributed by atoms with Crippen molar-refractivity contribution >= 4 is 23.0 Å². The van der Waals surface area contributed by atoms with Gasteiger partial charge in [0.2, 0.25) is 5.91 Å². The van der Waals surface area contributed by atoms with E-state index in [-0.39, 0.29) is 12.5 Å². The Balaban J connectivity index is 1.63. The van der Waals surface area contributed by atoms with Crippen LogP contribution in [0.2, 0.25) is 0 Å². The third-order valence-corrected chi connectivity index (χ3v) is 4.71. The van der Waals surface area contributed by atoms with Crippen molar-refractivity contribution in [3.05, 3.63) is 54.1 Å². The molecule has 0 aromatic heterocycles. The zero-order chi connectivity index (χ0) is 17.5. The summed E-state index contributed by atoms with van der Waals surface area (Å²) in [6.07, 6.45) is 5.10. The molecule has 1 aliphatic heterocycles. The van der Waals surface area contributed by atoms with Crippen molar-refractivity contribution in [3.63, 3.8) is 0 Å². The van der Waals surface area contributed by atoms with Crippen molar-refractivity contribution in [2.45, 2.75) is 32.6 Å². The fourth-order valence-electron chi connectivity index (χ4n) is 3.29. The van der Waals surface area contributed by atoms with E-state index < -0.39 is 0 Å². The molecule has 2 aromatic carbocycles. The van der Waals surface area contributed by atoms with E-state index in [2.05, 4.69) is 33.7 Å². The molecule has 0 saturated carbocycles. The number of nitrogens with one attached hydrogen (secondary N) is 2. The van der Waals surface area contributed by atoms with E-state index in [0.29, 0.717) is 0 Å². The van der Waals surface area contributed by atoms with Crippen molar-refractivity contribution in [1.29, 1.82) is 0 Å². The molecule has 0 atom stereocenters. The van der Waals surface area contributed by atoms with Crippen molar-refractivity contribution in [1.82, 2.24) is 0 Å². The monoisotopic (exact) mass is 337 g/mol. The first-order valence-corrected chi connectivity index (χ1v) is 9.17. The maximum atomic E-state index is 12.3. The third-order valence-electron chi connectivity index (χ3n) is 4.71. The van der Waals surface area contributed by atoms with Crippen LogP contribution in [0.4, 0.5) is 17.1 Å². The van der Waals surface area contributed by atoms with E-state index in [1.807, 2.05) is 37.3 Å². The summed E-state index contributed by atoms with van der Waals surface area (Å²) in [5.41, 5.74) is 4.17. The van der Waals surface area contributed by atoms with Gasteiger partial charge in [-0.2, -0.15) is 0 Å². The van der Waals surface area contributed by atoms with Gasteiger partial charge in [0.15, 0.2) is 0 Å². The van der Waals surface area contributed by atoms with Crippen LogP contribution < -0.4 is 15.5 Å². The van der Waals surface area contributed by atoms with Crippen LogP contribution in [-0.4, -0.2) is 25.5 Å². The average Bonchev–Trinajstić information content (AvgIpc) is 2.91. The van der Waals surface area contributed by atoms with Gasteiger partial charge in [-0.25, -0.2) is 0 Å². The van der Waals surface area contributed by atoms with Crippen LogP contribution in [-0.2, 0) is 4.79 Å². The van der Waals surface area contributed by atoms with Gasteiger partial charge in [-0.15, -0.1) is 0 Å². The topological polar surface area (TPSA) is 44.4 Å². The Labute approximate surface area is 150 Å². The van der Waals surface area contributed by atoms with Gasteiger partial charge in [0.25, 0.3) is 0 Å². The minimum atomic E-state index is -0.0278. The first-order chi connectivity index (χ1) is 12.2. The Bertz CT molecular complexity index is 706. The number of hydrogen-bond donors (Lipinski definition) is 2. The number of benzene rings is 2. The van der Waals surface area contributed by atoms with Crippen molar-refractivity contribution in [2.75, 3.05) is 35.2 Å². The Kier molecular flexibility index (Phi) is 5.94. The Morgan fingerprint density at radius 2 is 1.56 bits per heavy atom. The summed E-state index contributed by atoms with van der Waals surface area (Å²) >= 11 is 0. The predicted octanol–water partition coefficient (Wildman–Crippen LogP) is 4.43. The second kappa shape index (κ2) is 8.56. The zero-order valence-corrected chi connectivity index (χ0v) is 14.9. The van der Waals surface area contributed by atoms with Crippen molar-refractivity contribution < 1.29 is 4.79 Å². The number of amides is 1. The molecule has 2 aromatic rings. The molecule has 3 rings (SSSR count). The SMILES string of the molecule is Cc1ccccc1NC(=O)CNc1ccccc1N1CCCCCC1.